The zero-order valence-corrected chi connectivity index (χ0v) is 12.3. The first-order valence-electron chi connectivity index (χ1n) is 6.91. The van der Waals surface area contributed by atoms with Gasteiger partial charge in [-0.15, -0.1) is 0 Å². The van der Waals surface area contributed by atoms with E-state index in [9.17, 15) is 9.59 Å². The van der Waals surface area contributed by atoms with Crippen LogP contribution < -0.4 is 10.6 Å². The number of nitrogens with one attached hydrogen (secondary N) is 2. The van der Waals surface area contributed by atoms with Gasteiger partial charge in [-0.3, -0.25) is 0 Å². The molecular formula is C17H18N2O3. The first kappa shape index (κ1) is 15.6. The number of urea groups is 1. The Bertz CT molecular complexity index is 633. The lowest BCUT2D eigenvalue weighted by atomic mass is 10.0. The van der Waals surface area contributed by atoms with Crippen molar-refractivity contribution in [2.75, 3.05) is 6.61 Å². The fourth-order valence-corrected chi connectivity index (χ4v) is 2.13. The molecule has 22 heavy (non-hydrogen) atoms. The highest BCUT2D eigenvalue weighted by molar-refractivity contribution is 5.95. The van der Waals surface area contributed by atoms with E-state index in [1.165, 1.54) is 6.08 Å². The van der Waals surface area contributed by atoms with Crippen LogP contribution in [0.5, 0.6) is 0 Å². The molecule has 0 aliphatic carbocycles. The Morgan fingerprint density at radius 1 is 1.36 bits per heavy atom. The number of carbonyl (C=O) groups excluding carboxylic acids is 2. The average molecular weight is 298 g/mol. The van der Waals surface area contributed by atoms with E-state index in [2.05, 4.69) is 17.2 Å². The second-order valence-electron chi connectivity index (χ2n) is 4.77. The average Bonchev–Trinajstić information content (AvgIpc) is 2.51. The van der Waals surface area contributed by atoms with Crippen LogP contribution in [0.1, 0.15) is 12.5 Å². The fraction of sp³-hybridized carbons (Fsp3) is 0.176. The van der Waals surface area contributed by atoms with Crippen molar-refractivity contribution in [1.82, 2.24) is 10.6 Å². The lowest BCUT2D eigenvalue weighted by Crippen LogP contribution is -2.49. The SMILES string of the molecule is C=CCOC(=O)C1=C(C)NC(=O)N[C@@H]1/C=C\c1ccccc1. The van der Waals surface area contributed by atoms with Crippen molar-refractivity contribution in [2.24, 2.45) is 0 Å². The van der Waals surface area contributed by atoms with E-state index in [-0.39, 0.29) is 12.6 Å². The molecule has 0 saturated carbocycles. The van der Waals surface area contributed by atoms with Crippen molar-refractivity contribution in [3.05, 3.63) is 65.9 Å². The summed E-state index contributed by atoms with van der Waals surface area (Å²) in [7, 11) is 0. The predicted octanol–water partition coefficient (Wildman–Crippen LogP) is 2.38. The first-order chi connectivity index (χ1) is 10.6. The number of rotatable bonds is 5. The molecule has 114 valence electrons. The van der Waals surface area contributed by atoms with E-state index in [1.54, 1.807) is 13.0 Å². The molecular weight excluding hydrogens is 280 g/mol. The van der Waals surface area contributed by atoms with Crippen molar-refractivity contribution in [3.63, 3.8) is 0 Å². The lowest BCUT2D eigenvalue weighted by molar-refractivity contribution is -0.138. The van der Waals surface area contributed by atoms with Crippen LogP contribution in [0.15, 0.2) is 60.3 Å². The number of hydrogen-bond acceptors (Lipinski definition) is 3. The summed E-state index contributed by atoms with van der Waals surface area (Å²) >= 11 is 0. The zero-order valence-electron chi connectivity index (χ0n) is 12.3. The van der Waals surface area contributed by atoms with Gasteiger partial charge in [-0.2, -0.15) is 0 Å². The van der Waals surface area contributed by atoms with Crippen molar-refractivity contribution in [2.45, 2.75) is 13.0 Å². The van der Waals surface area contributed by atoms with Gasteiger partial charge in [0.15, 0.2) is 0 Å². The molecule has 2 rings (SSSR count). The minimum atomic E-state index is -0.536. The summed E-state index contributed by atoms with van der Waals surface area (Å²) < 4.78 is 5.08. The summed E-state index contributed by atoms with van der Waals surface area (Å²) in [5, 5.41) is 5.29. The van der Waals surface area contributed by atoms with E-state index >= 15 is 0 Å². The van der Waals surface area contributed by atoms with Crippen LogP contribution in [0.2, 0.25) is 0 Å². The molecule has 2 N–H and O–H groups in total. The molecule has 2 amide bonds. The van der Waals surface area contributed by atoms with E-state index in [1.807, 2.05) is 36.4 Å². The van der Waals surface area contributed by atoms with E-state index in [0.717, 1.165) is 5.56 Å². The van der Waals surface area contributed by atoms with Gasteiger partial charge in [-0.25, -0.2) is 9.59 Å². The van der Waals surface area contributed by atoms with Crippen molar-refractivity contribution in [3.8, 4) is 0 Å². The molecule has 5 heteroatoms. The number of ether oxygens (including phenoxy) is 1. The Balaban J connectivity index is 2.24. The Morgan fingerprint density at radius 3 is 2.77 bits per heavy atom. The molecule has 1 aliphatic heterocycles. The molecule has 0 unspecified atom stereocenters. The molecule has 0 bridgehead atoms. The molecule has 1 aromatic rings. The van der Waals surface area contributed by atoms with Crippen LogP contribution >= 0.6 is 0 Å². The molecule has 0 aromatic heterocycles. The number of allylic oxidation sites excluding steroid dienone is 1. The van der Waals surface area contributed by atoms with Crippen LogP contribution in [-0.2, 0) is 9.53 Å². The van der Waals surface area contributed by atoms with Gasteiger partial charge in [0.25, 0.3) is 0 Å². The third-order valence-electron chi connectivity index (χ3n) is 3.14. The quantitative estimate of drug-likeness (QED) is 0.648. The maximum Gasteiger partial charge on any atom is 0.338 e. The number of amides is 2. The standard InChI is InChI=1S/C17H18N2O3/c1-3-11-22-16(20)15-12(2)18-17(21)19-14(15)10-9-13-7-5-4-6-8-13/h3-10,14H,1,11H2,2H3,(H2,18,19,21)/b10-9-/t14-/m1/s1. The monoisotopic (exact) mass is 298 g/mol. The largest absolute Gasteiger partial charge is 0.458 e. The highest BCUT2D eigenvalue weighted by Gasteiger charge is 2.29. The third-order valence-corrected chi connectivity index (χ3v) is 3.14. The Labute approximate surface area is 129 Å². The van der Waals surface area contributed by atoms with Gasteiger partial charge in [0.1, 0.15) is 6.61 Å². The highest BCUT2D eigenvalue weighted by Crippen LogP contribution is 2.16. The van der Waals surface area contributed by atoms with Crippen LogP contribution in [0.4, 0.5) is 4.79 Å². The Kier molecular flexibility index (Phi) is 5.14. The second-order valence-corrected chi connectivity index (χ2v) is 4.77. The number of benzene rings is 1. The maximum absolute atomic E-state index is 12.1. The van der Waals surface area contributed by atoms with Crippen LogP contribution in [0, 0.1) is 0 Å². The van der Waals surface area contributed by atoms with Crippen LogP contribution in [-0.4, -0.2) is 24.6 Å². The lowest BCUT2D eigenvalue weighted by Gasteiger charge is -2.25. The van der Waals surface area contributed by atoms with Gasteiger partial charge in [-0.05, 0) is 12.5 Å². The molecule has 0 spiro atoms. The molecule has 5 nitrogen and oxygen atoms in total. The number of hydrogen-bond donors (Lipinski definition) is 2. The predicted molar refractivity (Wildman–Crippen MR) is 84.8 cm³/mol. The van der Waals surface area contributed by atoms with Gasteiger partial charge in [0, 0.05) is 5.70 Å². The van der Waals surface area contributed by atoms with E-state index in [4.69, 9.17) is 4.74 Å². The molecule has 0 saturated heterocycles. The van der Waals surface area contributed by atoms with E-state index in [0.29, 0.717) is 11.3 Å². The molecule has 1 heterocycles. The van der Waals surface area contributed by atoms with Crippen molar-refractivity contribution < 1.29 is 14.3 Å². The summed E-state index contributed by atoms with van der Waals surface area (Å²) in [5.41, 5.74) is 1.85. The summed E-state index contributed by atoms with van der Waals surface area (Å²) in [6.07, 6.45) is 5.11. The summed E-state index contributed by atoms with van der Waals surface area (Å²) in [6.45, 7) is 5.31. The zero-order chi connectivity index (χ0) is 15.9. The van der Waals surface area contributed by atoms with Gasteiger partial charge < -0.3 is 15.4 Å². The van der Waals surface area contributed by atoms with Gasteiger partial charge in [-0.1, -0.05) is 55.1 Å². The molecule has 0 fully saturated rings. The molecule has 1 aromatic carbocycles. The molecule has 0 radical (unpaired) electrons. The van der Waals surface area contributed by atoms with Gasteiger partial charge >= 0.3 is 12.0 Å². The highest BCUT2D eigenvalue weighted by atomic mass is 16.5. The Morgan fingerprint density at radius 2 is 2.09 bits per heavy atom. The van der Waals surface area contributed by atoms with Crippen LogP contribution in [0.25, 0.3) is 6.08 Å². The number of esters is 1. The van der Waals surface area contributed by atoms with E-state index < -0.39 is 12.0 Å². The summed E-state index contributed by atoms with van der Waals surface area (Å²) in [4.78, 5) is 23.8. The first-order valence-corrected chi connectivity index (χ1v) is 6.91. The summed E-state index contributed by atoms with van der Waals surface area (Å²) in [6, 6.07) is 8.75. The van der Waals surface area contributed by atoms with Crippen molar-refractivity contribution >= 4 is 18.1 Å². The fourth-order valence-electron chi connectivity index (χ4n) is 2.13. The number of carbonyl (C=O) groups is 2. The van der Waals surface area contributed by atoms with Gasteiger partial charge in [0.2, 0.25) is 0 Å². The minimum absolute atomic E-state index is 0.124. The van der Waals surface area contributed by atoms with Crippen LogP contribution in [0.3, 0.4) is 0 Å². The smallest absolute Gasteiger partial charge is 0.338 e. The molecule has 1 atom stereocenters. The summed E-state index contributed by atoms with van der Waals surface area (Å²) in [5.74, 6) is -0.479. The maximum atomic E-state index is 12.1. The minimum Gasteiger partial charge on any atom is -0.458 e. The van der Waals surface area contributed by atoms with Crippen molar-refractivity contribution in [1.29, 1.82) is 0 Å². The second kappa shape index (κ2) is 7.26. The third kappa shape index (κ3) is 3.85. The Hall–Kier alpha value is -2.82. The molecule has 1 aliphatic rings. The normalized spacial score (nSPS) is 17.9. The topological polar surface area (TPSA) is 67.4 Å². The van der Waals surface area contributed by atoms with Gasteiger partial charge in [0.05, 0.1) is 11.6 Å².